The van der Waals surface area contributed by atoms with Crippen LogP contribution in [0.2, 0.25) is 0 Å². The van der Waals surface area contributed by atoms with E-state index < -0.39 is 5.02 Å². The third-order valence-corrected chi connectivity index (χ3v) is 0. The minimum Gasteiger partial charge on any atom is -0.828 e. The van der Waals surface area contributed by atoms with Crippen LogP contribution in [-0.4, -0.2) is 5.02 Å². The molecule has 0 aromatic heterocycles. The fraction of sp³-hybridized carbons (Fsp3) is 1.00. The van der Waals surface area contributed by atoms with Gasteiger partial charge in [0.2, 0.25) is 0 Å². The molecular formula is CHCl2NaO. The molecule has 0 aliphatic rings. The van der Waals surface area contributed by atoms with E-state index in [2.05, 4.69) is 23.2 Å². The van der Waals surface area contributed by atoms with Gasteiger partial charge < -0.3 is 5.11 Å². The Kier molecular flexibility index (Phi) is 10.8. The van der Waals surface area contributed by atoms with Gasteiger partial charge in [0.15, 0.2) is 0 Å². The summed E-state index contributed by atoms with van der Waals surface area (Å²) < 4.78 is 0. The monoisotopic (exact) mass is 122 g/mol. The summed E-state index contributed by atoms with van der Waals surface area (Å²) in [6, 6.07) is 0. The van der Waals surface area contributed by atoms with E-state index in [1.54, 1.807) is 0 Å². The predicted molar refractivity (Wildman–Crippen MR) is 15.5 cm³/mol. The quantitative estimate of drug-likeness (QED) is 0.250. The van der Waals surface area contributed by atoms with Gasteiger partial charge in [-0.05, 0) is 0 Å². The zero-order valence-electron chi connectivity index (χ0n) is 2.74. The van der Waals surface area contributed by atoms with Crippen LogP contribution < -0.4 is 34.7 Å². The summed E-state index contributed by atoms with van der Waals surface area (Å²) in [5.74, 6) is 0. The van der Waals surface area contributed by atoms with Gasteiger partial charge in [0.05, 0.1) is 0 Å². The Morgan fingerprint density at radius 3 is 1.40 bits per heavy atom. The second-order valence-corrected chi connectivity index (χ2v) is 1.28. The van der Waals surface area contributed by atoms with E-state index in [0.717, 1.165) is 0 Å². The Labute approximate surface area is 62.6 Å². The van der Waals surface area contributed by atoms with Crippen molar-refractivity contribution in [2.75, 3.05) is 0 Å². The van der Waals surface area contributed by atoms with Crippen LogP contribution in [0.3, 0.4) is 0 Å². The maximum atomic E-state index is 9.06. The molecule has 0 unspecified atom stereocenters. The normalized spacial score (nSPS) is 7.20. The van der Waals surface area contributed by atoms with E-state index >= 15 is 0 Å². The van der Waals surface area contributed by atoms with E-state index in [1.807, 2.05) is 0 Å². The Morgan fingerprint density at radius 2 is 1.40 bits per heavy atom. The number of rotatable bonds is 0. The molecule has 0 fully saturated rings. The first-order valence-corrected chi connectivity index (χ1v) is 1.55. The van der Waals surface area contributed by atoms with Crippen LogP contribution in [0.25, 0.3) is 0 Å². The molecule has 0 amide bonds. The number of halogens is 2. The fourth-order valence-electron chi connectivity index (χ4n) is 0. The van der Waals surface area contributed by atoms with Gasteiger partial charge in [-0.3, -0.25) is 0 Å². The van der Waals surface area contributed by atoms with Gasteiger partial charge in [0.1, 0.15) is 0 Å². The molecule has 4 heteroatoms. The minimum absolute atomic E-state index is 0. The second-order valence-electron chi connectivity index (χ2n) is 0.261. The first-order valence-electron chi connectivity index (χ1n) is 0.672. The van der Waals surface area contributed by atoms with Crippen molar-refractivity contribution in [2.24, 2.45) is 0 Å². The molecule has 0 aromatic rings. The average molecular weight is 123 g/mol. The van der Waals surface area contributed by atoms with Gasteiger partial charge >= 0.3 is 29.6 Å². The van der Waals surface area contributed by atoms with Crippen molar-refractivity contribution in [1.82, 2.24) is 0 Å². The van der Waals surface area contributed by atoms with E-state index in [9.17, 15) is 0 Å². The topological polar surface area (TPSA) is 23.1 Å². The van der Waals surface area contributed by atoms with E-state index in [-0.39, 0.29) is 29.6 Å². The zero-order valence-corrected chi connectivity index (χ0v) is 6.25. The van der Waals surface area contributed by atoms with Gasteiger partial charge in [-0.1, -0.05) is 0 Å². The van der Waals surface area contributed by atoms with Crippen LogP contribution in [0.5, 0.6) is 0 Å². The van der Waals surface area contributed by atoms with Crippen molar-refractivity contribution in [3.63, 3.8) is 0 Å². The molecule has 0 aliphatic heterocycles. The largest absolute Gasteiger partial charge is 1.00 e. The Hall–Kier alpha value is 1.54. The summed E-state index contributed by atoms with van der Waals surface area (Å²) in [7, 11) is 0. The maximum absolute atomic E-state index is 9.06. The summed E-state index contributed by atoms with van der Waals surface area (Å²) >= 11 is 8.97. The second kappa shape index (κ2) is 5.54. The third kappa shape index (κ3) is 29.3. The van der Waals surface area contributed by atoms with Crippen LogP contribution in [-0.2, 0) is 0 Å². The summed E-state index contributed by atoms with van der Waals surface area (Å²) in [6.07, 6.45) is 0. The molecule has 0 saturated carbocycles. The molecule has 0 bridgehead atoms. The van der Waals surface area contributed by atoms with Crippen molar-refractivity contribution in [1.29, 1.82) is 0 Å². The molecule has 0 heterocycles. The van der Waals surface area contributed by atoms with Gasteiger partial charge in [-0.15, -0.1) is 23.2 Å². The van der Waals surface area contributed by atoms with Gasteiger partial charge in [-0.2, -0.15) is 0 Å². The van der Waals surface area contributed by atoms with Crippen molar-refractivity contribution in [3.05, 3.63) is 0 Å². The van der Waals surface area contributed by atoms with Crippen LogP contribution in [0.1, 0.15) is 0 Å². The van der Waals surface area contributed by atoms with Crippen LogP contribution in [0.15, 0.2) is 0 Å². The first kappa shape index (κ1) is 9.74. The molecule has 0 radical (unpaired) electrons. The van der Waals surface area contributed by atoms with Crippen molar-refractivity contribution in [2.45, 2.75) is 5.02 Å². The fourth-order valence-corrected chi connectivity index (χ4v) is 0. The van der Waals surface area contributed by atoms with E-state index in [0.29, 0.717) is 0 Å². The summed E-state index contributed by atoms with van der Waals surface area (Å²) in [6.45, 7) is 0. The van der Waals surface area contributed by atoms with Crippen LogP contribution in [0, 0.1) is 0 Å². The summed E-state index contributed by atoms with van der Waals surface area (Å²) in [5, 5.41) is 7.59. The molecule has 1 nitrogen and oxygen atoms in total. The minimum atomic E-state index is -1.47. The molecule has 0 saturated heterocycles. The summed E-state index contributed by atoms with van der Waals surface area (Å²) in [4.78, 5) is 0. The van der Waals surface area contributed by atoms with Crippen LogP contribution >= 0.6 is 23.2 Å². The summed E-state index contributed by atoms with van der Waals surface area (Å²) in [5.41, 5.74) is 0. The molecule has 26 valence electrons. The maximum Gasteiger partial charge on any atom is 1.00 e. The average Bonchev–Trinajstić information content (AvgIpc) is 0.811. The zero-order chi connectivity index (χ0) is 3.58. The third-order valence-electron chi connectivity index (χ3n) is 0. The smallest absolute Gasteiger partial charge is 0.828 e. The Morgan fingerprint density at radius 1 is 1.40 bits per heavy atom. The van der Waals surface area contributed by atoms with Crippen molar-refractivity contribution < 1.29 is 34.7 Å². The first-order chi connectivity index (χ1) is 1.73. The molecule has 5 heavy (non-hydrogen) atoms. The molecule has 0 spiro atoms. The molecule has 0 N–H and O–H groups in total. The van der Waals surface area contributed by atoms with E-state index in [1.165, 1.54) is 0 Å². The SMILES string of the molecule is [Na+].[O-]C(Cl)Cl. The van der Waals surface area contributed by atoms with Crippen molar-refractivity contribution in [3.8, 4) is 0 Å². The number of alkyl halides is 2. The molecule has 0 aromatic carbocycles. The number of hydrogen-bond acceptors (Lipinski definition) is 1. The molecular weight excluding hydrogens is 122 g/mol. The van der Waals surface area contributed by atoms with E-state index in [4.69, 9.17) is 5.11 Å². The predicted octanol–water partition coefficient (Wildman–Crippen LogP) is -2.89. The molecule has 0 atom stereocenters. The van der Waals surface area contributed by atoms with Gasteiger partial charge in [0.25, 0.3) is 0 Å². The van der Waals surface area contributed by atoms with Crippen LogP contribution in [0.4, 0.5) is 0 Å². The molecule has 0 aliphatic carbocycles. The van der Waals surface area contributed by atoms with Gasteiger partial charge in [0, 0.05) is 5.02 Å². The Balaban J connectivity index is 0. The molecule has 0 rings (SSSR count). The van der Waals surface area contributed by atoms with Crippen molar-refractivity contribution >= 4 is 23.2 Å². The van der Waals surface area contributed by atoms with Gasteiger partial charge in [-0.25, -0.2) is 0 Å². The Bertz CT molecular complexity index is 14.4. The standard InChI is InChI=1S/CHCl2O.Na/c2-1(3)4;/h1H;/q-1;+1. The number of hydrogen-bond donors (Lipinski definition) is 0.